The van der Waals surface area contributed by atoms with Crippen molar-refractivity contribution in [3.8, 4) is 17.6 Å². The fraction of sp³-hybridized carbons (Fsp3) is 0.111. The summed E-state index contributed by atoms with van der Waals surface area (Å²) < 4.78 is 10.3. The van der Waals surface area contributed by atoms with E-state index in [4.69, 9.17) is 26.8 Å². The van der Waals surface area contributed by atoms with Gasteiger partial charge in [-0.15, -0.1) is 0 Å². The van der Waals surface area contributed by atoms with E-state index in [-0.39, 0.29) is 6.61 Å². The molecule has 2 N–H and O–H groups in total. The summed E-state index contributed by atoms with van der Waals surface area (Å²) in [6.45, 7) is -0.246. The van der Waals surface area contributed by atoms with Crippen molar-refractivity contribution in [3.63, 3.8) is 0 Å². The Balaban J connectivity index is 2.25. The van der Waals surface area contributed by atoms with Crippen LogP contribution in [0.15, 0.2) is 42.5 Å². The number of ether oxygens (including phenoxy) is 2. The highest BCUT2D eigenvalue weighted by molar-refractivity contribution is 6.32. The summed E-state index contributed by atoms with van der Waals surface area (Å²) in [6, 6.07) is 14.4. The molecule has 2 rings (SSSR count). The number of primary amides is 1. The number of amides is 1. The number of hydrogen-bond donors (Lipinski definition) is 1. The van der Waals surface area contributed by atoms with Crippen LogP contribution in [-0.4, -0.2) is 19.6 Å². The van der Waals surface area contributed by atoms with Crippen molar-refractivity contribution >= 4 is 29.2 Å². The number of nitriles is 1. The molecule has 0 bridgehead atoms. The largest absolute Gasteiger partial charge is 0.497 e. The van der Waals surface area contributed by atoms with Crippen LogP contribution < -0.4 is 15.2 Å². The molecule has 5 nitrogen and oxygen atoms in total. The number of hydrogen-bond acceptors (Lipinski definition) is 4. The molecule has 0 aromatic heterocycles. The van der Waals surface area contributed by atoms with Gasteiger partial charge in [0, 0.05) is 0 Å². The van der Waals surface area contributed by atoms with E-state index in [0.29, 0.717) is 16.3 Å². The highest BCUT2D eigenvalue weighted by Gasteiger charge is 2.06. The standard InChI is InChI=1S/C18H15ClN2O3/c1-23-15-5-3-13(4-6-15)14(10-20)8-12-2-7-17(16(19)9-12)24-11-18(21)22/h2-9H,11H2,1H3,(H2,21,22)/b14-8+. The van der Waals surface area contributed by atoms with E-state index in [1.54, 1.807) is 55.7 Å². The molecule has 0 radical (unpaired) electrons. The second-order valence-electron chi connectivity index (χ2n) is 4.84. The highest BCUT2D eigenvalue weighted by Crippen LogP contribution is 2.28. The summed E-state index contributed by atoms with van der Waals surface area (Å²) in [5.74, 6) is 0.493. The first-order valence-corrected chi connectivity index (χ1v) is 7.38. The number of benzene rings is 2. The topological polar surface area (TPSA) is 85.3 Å². The van der Waals surface area contributed by atoms with Crippen LogP contribution in [0.1, 0.15) is 11.1 Å². The van der Waals surface area contributed by atoms with Gasteiger partial charge < -0.3 is 15.2 Å². The smallest absolute Gasteiger partial charge is 0.255 e. The highest BCUT2D eigenvalue weighted by atomic mass is 35.5. The molecule has 1 amide bonds. The van der Waals surface area contributed by atoms with E-state index in [1.165, 1.54) is 0 Å². The normalized spacial score (nSPS) is 10.8. The Labute approximate surface area is 144 Å². The maximum Gasteiger partial charge on any atom is 0.255 e. The molecule has 0 saturated heterocycles. The monoisotopic (exact) mass is 342 g/mol. The molecule has 0 unspecified atom stereocenters. The number of allylic oxidation sites excluding steroid dienone is 1. The molecular formula is C18H15ClN2O3. The number of methoxy groups -OCH3 is 1. The minimum atomic E-state index is -0.582. The molecule has 0 spiro atoms. The van der Waals surface area contributed by atoms with Crippen LogP contribution in [0.2, 0.25) is 5.02 Å². The first-order chi connectivity index (χ1) is 11.5. The number of halogens is 1. The van der Waals surface area contributed by atoms with Gasteiger partial charge in [0.05, 0.1) is 23.8 Å². The third-order valence-corrected chi connectivity index (χ3v) is 3.45. The van der Waals surface area contributed by atoms with Gasteiger partial charge in [-0.3, -0.25) is 4.79 Å². The summed E-state index contributed by atoms with van der Waals surface area (Å²) in [7, 11) is 1.58. The average molecular weight is 343 g/mol. The van der Waals surface area contributed by atoms with Crippen molar-refractivity contribution in [3.05, 3.63) is 58.6 Å². The lowest BCUT2D eigenvalue weighted by Crippen LogP contribution is -2.20. The van der Waals surface area contributed by atoms with Crippen LogP contribution in [0, 0.1) is 11.3 Å². The van der Waals surface area contributed by atoms with E-state index in [2.05, 4.69) is 6.07 Å². The number of nitrogens with two attached hydrogens (primary N) is 1. The van der Waals surface area contributed by atoms with E-state index >= 15 is 0 Å². The third-order valence-electron chi connectivity index (χ3n) is 3.16. The van der Waals surface area contributed by atoms with Gasteiger partial charge in [-0.05, 0) is 53.6 Å². The van der Waals surface area contributed by atoms with Crippen molar-refractivity contribution in [2.24, 2.45) is 5.73 Å². The number of nitrogens with zero attached hydrogens (tertiary/aromatic N) is 1. The Morgan fingerprint density at radius 2 is 2.00 bits per heavy atom. The fourth-order valence-corrected chi connectivity index (χ4v) is 2.23. The van der Waals surface area contributed by atoms with Crippen molar-refractivity contribution < 1.29 is 14.3 Å². The zero-order valence-corrected chi connectivity index (χ0v) is 13.7. The van der Waals surface area contributed by atoms with Gasteiger partial charge in [0.2, 0.25) is 0 Å². The maximum atomic E-state index is 10.7. The lowest BCUT2D eigenvalue weighted by atomic mass is 10.0. The van der Waals surface area contributed by atoms with Gasteiger partial charge >= 0.3 is 0 Å². The third kappa shape index (κ3) is 4.51. The molecule has 0 aliphatic carbocycles. The second kappa shape index (κ2) is 8.04. The predicted octanol–water partition coefficient (Wildman–Crippen LogP) is 3.28. The first-order valence-electron chi connectivity index (χ1n) is 7.00. The molecule has 2 aromatic rings. The molecule has 0 aliphatic heterocycles. The Morgan fingerprint density at radius 1 is 1.29 bits per heavy atom. The maximum absolute atomic E-state index is 10.7. The van der Waals surface area contributed by atoms with Crippen LogP contribution in [-0.2, 0) is 4.79 Å². The molecule has 6 heteroatoms. The summed E-state index contributed by atoms with van der Waals surface area (Å²) in [5, 5.41) is 9.71. The molecule has 24 heavy (non-hydrogen) atoms. The Hall–Kier alpha value is -2.97. The van der Waals surface area contributed by atoms with Crippen LogP contribution in [0.5, 0.6) is 11.5 Å². The first kappa shape index (κ1) is 17.4. The second-order valence-corrected chi connectivity index (χ2v) is 5.25. The molecular weight excluding hydrogens is 328 g/mol. The van der Waals surface area contributed by atoms with E-state index in [1.807, 2.05) is 0 Å². The van der Waals surface area contributed by atoms with Gasteiger partial charge in [-0.1, -0.05) is 17.7 Å². The zero-order chi connectivity index (χ0) is 17.5. The van der Waals surface area contributed by atoms with Gasteiger partial charge in [0.25, 0.3) is 5.91 Å². The van der Waals surface area contributed by atoms with Crippen LogP contribution in [0.3, 0.4) is 0 Å². The number of carbonyl (C=O) groups excluding carboxylic acids is 1. The molecule has 0 aliphatic rings. The van der Waals surface area contributed by atoms with Crippen molar-refractivity contribution in [1.29, 1.82) is 5.26 Å². The molecule has 122 valence electrons. The van der Waals surface area contributed by atoms with Crippen molar-refractivity contribution in [1.82, 2.24) is 0 Å². The minimum absolute atomic E-state index is 0.246. The van der Waals surface area contributed by atoms with Crippen LogP contribution >= 0.6 is 11.6 Å². The molecule has 0 saturated carbocycles. The minimum Gasteiger partial charge on any atom is -0.497 e. The van der Waals surface area contributed by atoms with Gasteiger partial charge in [0.15, 0.2) is 6.61 Å². The van der Waals surface area contributed by atoms with Gasteiger partial charge in [-0.2, -0.15) is 5.26 Å². The Kier molecular flexibility index (Phi) is 5.83. The Morgan fingerprint density at radius 3 is 2.54 bits per heavy atom. The fourth-order valence-electron chi connectivity index (χ4n) is 1.99. The summed E-state index contributed by atoms with van der Waals surface area (Å²) in [5.41, 5.74) is 7.02. The number of carbonyl (C=O) groups is 1. The van der Waals surface area contributed by atoms with E-state index < -0.39 is 5.91 Å². The van der Waals surface area contributed by atoms with Crippen molar-refractivity contribution in [2.75, 3.05) is 13.7 Å². The molecule has 0 heterocycles. The summed E-state index contributed by atoms with van der Waals surface area (Å²) in [6.07, 6.45) is 1.71. The Bertz CT molecular complexity index is 808. The lowest BCUT2D eigenvalue weighted by molar-refractivity contribution is -0.119. The number of rotatable bonds is 6. The van der Waals surface area contributed by atoms with Gasteiger partial charge in [0.1, 0.15) is 11.5 Å². The molecule has 2 aromatic carbocycles. The van der Waals surface area contributed by atoms with Gasteiger partial charge in [-0.25, -0.2) is 0 Å². The van der Waals surface area contributed by atoms with Crippen LogP contribution in [0.4, 0.5) is 0 Å². The zero-order valence-electron chi connectivity index (χ0n) is 13.0. The predicted molar refractivity (Wildman–Crippen MR) is 92.6 cm³/mol. The molecule has 0 atom stereocenters. The van der Waals surface area contributed by atoms with E-state index in [0.717, 1.165) is 16.9 Å². The van der Waals surface area contributed by atoms with E-state index in [9.17, 15) is 10.1 Å². The summed E-state index contributed by atoms with van der Waals surface area (Å²) in [4.78, 5) is 10.7. The quantitative estimate of drug-likeness (QED) is 0.644. The summed E-state index contributed by atoms with van der Waals surface area (Å²) >= 11 is 6.12. The average Bonchev–Trinajstić information content (AvgIpc) is 2.59. The van der Waals surface area contributed by atoms with Crippen LogP contribution in [0.25, 0.3) is 11.6 Å². The molecule has 0 fully saturated rings. The SMILES string of the molecule is COc1ccc(/C(C#N)=C/c2ccc(OCC(N)=O)c(Cl)c2)cc1. The lowest BCUT2D eigenvalue weighted by Gasteiger charge is -2.07. The van der Waals surface area contributed by atoms with Crippen molar-refractivity contribution in [2.45, 2.75) is 0 Å².